The zero-order valence-electron chi connectivity index (χ0n) is 13.8. The summed E-state index contributed by atoms with van der Waals surface area (Å²) in [6, 6.07) is 11.1. The molecule has 0 bridgehead atoms. The summed E-state index contributed by atoms with van der Waals surface area (Å²) in [5.41, 5.74) is 5.58. The van der Waals surface area contributed by atoms with Crippen molar-refractivity contribution in [3.8, 4) is 12.0 Å². The van der Waals surface area contributed by atoms with Crippen LogP contribution in [-0.4, -0.2) is 28.0 Å². The molecule has 0 amide bonds. The molecule has 1 aliphatic heterocycles. The van der Waals surface area contributed by atoms with E-state index in [9.17, 15) is 4.39 Å². The van der Waals surface area contributed by atoms with Gasteiger partial charge in [-0.15, -0.1) is 0 Å². The molecule has 0 atom stereocenters. The van der Waals surface area contributed by atoms with Gasteiger partial charge in [0.05, 0.1) is 11.7 Å². The molecule has 0 spiro atoms. The fourth-order valence-electron chi connectivity index (χ4n) is 3.34. The quantitative estimate of drug-likeness (QED) is 0.593. The first-order chi connectivity index (χ1) is 11.6. The summed E-state index contributed by atoms with van der Waals surface area (Å²) in [7, 11) is 2.14. The summed E-state index contributed by atoms with van der Waals surface area (Å²) in [5, 5.41) is 1.27. The Morgan fingerprint density at radius 1 is 1.21 bits per heavy atom. The van der Waals surface area contributed by atoms with Gasteiger partial charge in [-0.3, -0.25) is 9.55 Å². The lowest BCUT2D eigenvalue weighted by Crippen LogP contribution is -2.27. The molecule has 0 saturated carbocycles. The zero-order valence-corrected chi connectivity index (χ0v) is 13.8. The fourth-order valence-corrected chi connectivity index (χ4v) is 3.34. The average molecular weight is 319 g/mol. The molecule has 3 nitrogen and oxygen atoms in total. The molecular weight excluding hydrogens is 301 g/mol. The highest BCUT2D eigenvalue weighted by Crippen LogP contribution is 2.30. The number of hydrogen-bond donors (Lipinski definition) is 0. The second-order valence-electron chi connectivity index (χ2n) is 6.40. The lowest BCUT2D eigenvalue weighted by molar-refractivity contribution is 0.311. The van der Waals surface area contributed by atoms with Gasteiger partial charge in [0.2, 0.25) is 0 Å². The van der Waals surface area contributed by atoms with Crippen LogP contribution in [0, 0.1) is 24.7 Å². The van der Waals surface area contributed by atoms with E-state index in [1.54, 1.807) is 6.20 Å². The smallest absolute Gasteiger partial charge is 0.142 e. The molecular formula is C20H18FN3. The van der Waals surface area contributed by atoms with Crippen LogP contribution in [0.4, 0.5) is 4.39 Å². The molecule has 3 heterocycles. The Morgan fingerprint density at radius 2 is 2.08 bits per heavy atom. The number of nitrogens with zero attached hydrogens (tertiary/aromatic N) is 3. The Morgan fingerprint density at radius 3 is 2.92 bits per heavy atom. The maximum atomic E-state index is 13.3. The largest absolute Gasteiger partial charge is 0.302 e. The van der Waals surface area contributed by atoms with E-state index >= 15 is 0 Å². The number of halogens is 1. The van der Waals surface area contributed by atoms with Crippen LogP contribution in [0.2, 0.25) is 0 Å². The van der Waals surface area contributed by atoms with Gasteiger partial charge in [0, 0.05) is 48.4 Å². The molecule has 0 unspecified atom stereocenters. The number of aromatic nitrogens is 2. The first kappa shape index (κ1) is 14.9. The minimum atomic E-state index is -0.363. The number of rotatable bonds is 0. The summed E-state index contributed by atoms with van der Waals surface area (Å²) >= 11 is 0. The monoisotopic (exact) mass is 319 g/mol. The van der Waals surface area contributed by atoms with E-state index in [1.807, 2.05) is 0 Å². The van der Waals surface area contributed by atoms with Crippen LogP contribution in [0.3, 0.4) is 0 Å². The van der Waals surface area contributed by atoms with E-state index in [0.717, 1.165) is 25.0 Å². The number of pyridine rings is 1. The van der Waals surface area contributed by atoms with E-state index in [1.165, 1.54) is 34.5 Å². The number of aryl methyl sites for hydroxylation is 1. The van der Waals surface area contributed by atoms with Crippen LogP contribution in [0.25, 0.3) is 10.9 Å². The van der Waals surface area contributed by atoms with E-state index < -0.39 is 0 Å². The van der Waals surface area contributed by atoms with Crippen molar-refractivity contribution in [2.45, 2.75) is 19.9 Å². The van der Waals surface area contributed by atoms with Gasteiger partial charge in [-0.25, -0.2) is 4.39 Å². The number of benzene rings is 1. The Kier molecular flexibility index (Phi) is 3.59. The number of hydrogen-bond acceptors (Lipinski definition) is 2. The van der Waals surface area contributed by atoms with Crippen molar-refractivity contribution in [1.82, 2.24) is 14.5 Å². The van der Waals surface area contributed by atoms with Crippen molar-refractivity contribution >= 4 is 10.9 Å². The predicted molar refractivity (Wildman–Crippen MR) is 93.2 cm³/mol. The van der Waals surface area contributed by atoms with Gasteiger partial charge in [0.25, 0.3) is 0 Å². The predicted octanol–water partition coefficient (Wildman–Crippen LogP) is 3.33. The van der Waals surface area contributed by atoms with Crippen LogP contribution in [0.1, 0.15) is 22.4 Å². The first-order valence-electron chi connectivity index (χ1n) is 8.06. The lowest BCUT2D eigenvalue weighted by Gasteiger charge is -2.23. The Hall–Kier alpha value is -2.64. The Labute approximate surface area is 140 Å². The fraction of sp³-hybridized carbons (Fsp3) is 0.250. The molecule has 0 N–H and O–H groups in total. The Bertz CT molecular complexity index is 991. The third-order valence-electron chi connectivity index (χ3n) is 4.51. The van der Waals surface area contributed by atoms with E-state index in [2.05, 4.69) is 58.6 Å². The van der Waals surface area contributed by atoms with Crippen molar-refractivity contribution in [3.63, 3.8) is 0 Å². The van der Waals surface area contributed by atoms with Gasteiger partial charge in [-0.05, 0) is 43.7 Å². The third-order valence-corrected chi connectivity index (χ3v) is 4.51. The van der Waals surface area contributed by atoms with Crippen molar-refractivity contribution in [3.05, 3.63) is 64.9 Å². The van der Waals surface area contributed by atoms with Gasteiger partial charge in [-0.1, -0.05) is 11.6 Å². The average Bonchev–Trinajstić information content (AvgIpc) is 2.85. The topological polar surface area (TPSA) is 21.1 Å². The molecule has 24 heavy (non-hydrogen) atoms. The highest BCUT2D eigenvalue weighted by molar-refractivity contribution is 5.87. The van der Waals surface area contributed by atoms with Crippen LogP contribution in [-0.2, 0) is 13.0 Å². The maximum absolute atomic E-state index is 13.3. The van der Waals surface area contributed by atoms with Crippen LogP contribution in [0.5, 0.6) is 0 Å². The first-order valence-corrected chi connectivity index (χ1v) is 8.06. The van der Waals surface area contributed by atoms with Gasteiger partial charge < -0.3 is 4.90 Å². The molecule has 1 aliphatic rings. The molecule has 0 fully saturated rings. The third kappa shape index (κ3) is 2.57. The maximum Gasteiger partial charge on any atom is 0.142 e. The normalized spacial score (nSPS) is 14.3. The minimum Gasteiger partial charge on any atom is -0.302 e. The van der Waals surface area contributed by atoms with E-state index in [0.29, 0.717) is 5.56 Å². The molecule has 0 aliphatic carbocycles. The summed E-state index contributed by atoms with van der Waals surface area (Å²) in [5.74, 6) is 2.69. The van der Waals surface area contributed by atoms with Gasteiger partial charge in [0.1, 0.15) is 5.82 Å². The number of fused-ring (bicyclic) bond motifs is 3. The second-order valence-corrected chi connectivity index (χ2v) is 6.40. The molecule has 4 heteroatoms. The standard InChI is InChI=1S/C20H18FN3/c1-14-3-4-19-17(9-14)18-13-23(2)7-6-20(18)24(19)8-5-15-10-16(21)12-22-11-15/h3-4,9-12H,6-7,13H2,1-2H3. The molecule has 120 valence electrons. The van der Waals surface area contributed by atoms with Crippen LogP contribution >= 0.6 is 0 Å². The molecule has 4 rings (SSSR count). The lowest BCUT2D eigenvalue weighted by atomic mass is 10.0. The highest BCUT2D eigenvalue weighted by Gasteiger charge is 2.21. The van der Waals surface area contributed by atoms with Crippen molar-refractivity contribution < 1.29 is 4.39 Å². The zero-order chi connectivity index (χ0) is 16.7. The highest BCUT2D eigenvalue weighted by atomic mass is 19.1. The van der Waals surface area contributed by atoms with E-state index in [4.69, 9.17) is 0 Å². The van der Waals surface area contributed by atoms with Crippen molar-refractivity contribution in [2.24, 2.45) is 0 Å². The summed E-state index contributed by atoms with van der Waals surface area (Å²) in [6.45, 7) is 4.07. The van der Waals surface area contributed by atoms with Gasteiger partial charge in [-0.2, -0.15) is 0 Å². The summed E-state index contributed by atoms with van der Waals surface area (Å²) < 4.78 is 15.4. The molecule has 3 aromatic rings. The second kappa shape index (κ2) is 5.77. The van der Waals surface area contributed by atoms with Gasteiger partial charge in [0.15, 0.2) is 0 Å². The minimum absolute atomic E-state index is 0.363. The molecule has 0 radical (unpaired) electrons. The van der Waals surface area contributed by atoms with Gasteiger partial charge >= 0.3 is 0 Å². The Balaban J connectivity index is 1.90. The van der Waals surface area contributed by atoms with Crippen molar-refractivity contribution in [1.29, 1.82) is 0 Å². The van der Waals surface area contributed by atoms with Crippen LogP contribution in [0.15, 0.2) is 36.7 Å². The number of likely N-dealkylation sites (N-methyl/N-ethyl adjacent to an activating group) is 1. The molecule has 1 aromatic carbocycles. The van der Waals surface area contributed by atoms with E-state index in [-0.39, 0.29) is 5.82 Å². The molecule has 2 aromatic heterocycles. The van der Waals surface area contributed by atoms with Crippen LogP contribution < -0.4 is 0 Å². The summed E-state index contributed by atoms with van der Waals surface area (Å²) in [6.07, 6.45) is 3.75. The SMILES string of the molecule is Cc1ccc2c(c1)c1c(n2C#Cc2cncc(F)c2)CCN(C)C1. The van der Waals surface area contributed by atoms with Crippen molar-refractivity contribution in [2.75, 3.05) is 13.6 Å². The summed E-state index contributed by atoms with van der Waals surface area (Å²) in [4.78, 5) is 6.19. The molecule has 0 saturated heterocycles.